The van der Waals surface area contributed by atoms with Crippen LogP contribution >= 0.6 is 0 Å². The normalized spacial score (nSPS) is 10.3. The first-order chi connectivity index (χ1) is 14.0. The number of para-hydroxylation sites is 2. The maximum absolute atomic E-state index is 12.2. The summed E-state index contributed by atoms with van der Waals surface area (Å²) >= 11 is 0. The molecule has 0 aliphatic heterocycles. The molecule has 0 saturated carbocycles. The molecule has 0 aliphatic carbocycles. The molecule has 0 saturated heterocycles. The van der Waals surface area contributed by atoms with Crippen LogP contribution in [-0.2, 0) is 4.79 Å². The second-order valence-corrected chi connectivity index (χ2v) is 6.39. The minimum absolute atomic E-state index is 0.111. The van der Waals surface area contributed by atoms with Crippen molar-refractivity contribution in [3.63, 3.8) is 0 Å². The number of benzene rings is 2. The molecule has 150 valence electrons. The van der Waals surface area contributed by atoms with Crippen molar-refractivity contribution in [2.24, 2.45) is 0 Å². The molecule has 3 aromatic rings. The largest absolute Gasteiger partial charge is 0.490 e. The number of rotatable bonds is 8. The third kappa shape index (κ3) is 5.93. The summed E-state index contributed by atoms with van der Waals surface area (Å²) in [7, 11) is 0. The van der Waals surface area contributed by atoms with Crippen LogP contribution in [0.25, 0.3) is 0 Å². The molecule has 1 aromatic heterocycles. The van der Waals surface area contributed by atoms with Gasteiger partial charge in [-0.05, 0) is 63.2 Å². The summed E-state index contributed by atoms with van der Waals surface area (Å²) < 4.78 is 11.1. The Bertz CT molecular complexity index is 954. The quantitative estimate of drug-likeness (QED) is 0.596. The highest BCUT2D eigenvalue weighted by atomic mass is 16.5. The van der Waals surface area contributed by atoms with E-state index < -0.39 is 0 Å². The van der Waals surface area contributed by atoms with E-state index in [2.05, 4.69) is 20.6 Å². The average Bonchev–Trinajstić information content (AvgIpc) is 2.68. The van der Waals surface area contributed by atoms with Crippen LogP contribution in [0.4, 0.5) is 17.3 Å². The van der Waals surface area contributed by atoms with Crippen molar-refractivity contribution in [1.82, 2.24) is 9.97 Å². The molecule has 1 amide bonds. The first-order valence-corrected chi connectivity index (χ1v) is 9.37. The summed E-state index contributed by atoms with van der Waals surface area (Å²) in [6.07, 6.45) is 0. The molecule has 0 unspecified atom stereocenters. The van der Waals surface area contributed by atoms with Gasteiger partial charge in [0.2, 0.25) is 5.95 Å². The number of amides is 1. The van der Waals surface area contributed by atoms with Crippen molar-refractivity contribution in [3.8, 4) is 11.5 Å². The fraction of sp³-hybridized carbons (Fsp3) is 0.227. The van der Waals surface area contributed by atoms with E-state index in [9.17, 15) is 4.79 Å². The van der Waals surface area contributed by atoms with Gasteiger partial charge in [-0.3, -0.25) is 4.79 Å². The Balaban J connectivity index is 1.55. The molecule has 0 spiro atoms. The molecule has 0 bridgehead atoms. The number of nitrogens with one attached hydrogen (secondary N) is 2. The minimum atomic E-state index is -0.255. The van der Waals surface area contributed by atoms with Gasteiger partial charge in [0.05, 0.1) is 6.61 Å². The van der Waals surface area contributed by atoms with Crippen LogP contribution in [0.15, 0.2) is 54.6 Å². The smallest absolute Gasteiger partial charge is 0.262 e. The fourth-order valence-electron chi connectivity index (χ4n) is 2.73. The Labute approximate surface area is 170 Å². The van der Waals surface area contributed by atoms with Crippen LogP contribution in [0.2, 0.25) is 0 Å². The van der Waals surface area contributed by atoms with Crippen LogP contribution in [0, 0.1) is 13.8 Å². The lowest BCUT2D eigenvalue weighted by atomic mass is 10.2. The second kappa shape index (κ2) is 9.54. The lowest BCUT2D eigenvalue weighted by molar-refractivity contribution is -0.118. The number of aromatic nitrogens is 2. The van der Waals surface area contributed by atoms with Gasteiger partial charge in [0, 0.05) is 22.8 Å². The summed E-state index contributed by atoms with van der Waals surface area (Å²) in [6.45, 7) is 6.16. The lowest BCUT2D eigenvalue weighted by Gasteiger charge is -2.12. The van der Waals surface area contributed by atoms with Gasteiger partial charge in [-0.2, -0.15) is 0 Å². The van der Waals surface area contributed by atoms with Gasteiger partial charge in [-0.25, -0.2) is 9.97 Å². The number of aryl methyl sites for hydroxylation is 2. The first kappa shape index (κ1) is 20.1. The van der Waals surface area contributed by atoms with Gasteiger partial charge in [0.25, 0.3) is 5.91 Å². The zero-order chi connectivity index (χ0) is 20.6. The van der Waals surface area contributed by atoms with E-state index in [0.29, 0.717) is 29.7 Å². The summed E-state index contributed by atoms with van der Waals surface area (Å²) in [5.74, 6) is 1.44. The van der Waals surface area contributed by atoms with Crippen molar-refractivity contribution in [3.05, 3.63) is 66.0 Å². The molecular formula is C22H24N4O3. The minimum Gasteiger partial charge on any atom is -0.490 e. The summed E-state index contributed by atoms with van der Waals surface area (Å²) in [6, 6.07) is 16.5. The highest BCUT2D eigenvalue weighted by Gasteiger charge is 2.08. The standard InChI is InChI=1S/C22H24N4O3/c1-4-28-19-7-5-6-8-20(19)29-14-21(27)25-17-9-11-18(12-10-17)26-22-23-15(2)13-16(3)24-22/h5-13H,4,14H2,1-3H3,(H,25,27)(H,23,24,26). The van der Waals surface area contributed by atoms with Crippen molar-refractivity contribution >= 4 is 23.2 Å². The number of hydrogen-bond acceptors (Lipinski definition) is 6. The van der Waals surface area contributed by atoms with E-state index in [1.165, 1.54) is 0 Å². The van der Waals surface area contributed by atoms with E-state index in [0.717, 1.165) is 17.1 Å². The van der Waals surface area contributed by atoms with Crippen LogP contribution in [0.3, 0.4) is 0 Å². The second-order valence-electron chi connectivity index (χ2n) is 6.39. The van der Waals surface area contributed by atoms with Crippen molar-refractivity contribution in [2.45, 2.75) is 20.8 Å². The van der Waals surface area contributed by atoms with Crippen molar-refractivity contribution in [2.75, 3.05) is 23.8 Å². The molecule has 0 aliphatic rings. The summed E-state index contributed by atoms with van der Waals surface area (Å²) in [4.78, 5) is 20.9. The molecule has 1 heterocycles. The van der Waals surface area contributed by atoms with Gasteiger partial charge < -0.3 is 20.1 Å². The Morgan fingerprint density at radius 2 is 1.48 bits per heavy atom. The van der Waals surface area contributed by atoms with Gasteiger partial charge in [0.1, 0.15) is 0 Å². The molecule has 0 radical (unpaired) electrons. The summed E-state index contributed by atoms with van der Waals surface area (Å²) in [5.41, 5.74) is 3.29. The zero-order valence-corrected chi connectivity index (χ0v) is 16.7. The summed E-state index contributed by atoms with van der Waals surface area (Å²) in [5, 5.41) is 5.97. The molecule has 2 aromatic carbocycles. The number of carbonyl (C=O) groups is 1. The Morgan fingerprint density at radius 1 is 0.897 bits per heavy atom. The van der Waals surface area contributed by atoms with E-state index in [1.54, 1.807) is 18.2 Å². The highest BCUT2D eigenvalue weighted by Crippen LogP contribution is 2.26. The fourth-order valence-corrected chi connectivity index (χ4v) is 2.73. The lowest BCUT2D eigenvalue weighted by Crippen LogP contribution is -2.20. The van der Waals surface area contributed by atoms with Crippen LogP contribution in [-0.4, -0.2) is 29.1 Å². The molecule has 2 N–H and O–H groups in total. The van der Waals surface area contributed by atoms with Crippen molar-refractivity contribution in [1.29, 1.82) is 0 Å². The van der Waals surface area contributed by atoms with Crippen LogP contribution < -0.4 is 20.1 Å². The monoisotopic (exact) mass is 392 g/mol. The van der Waals surface area contributed by atoms with Gasteiger partial charge >= 0.3 is 0 Å². The third-order valence-corrected chi connectivity index (χ3v) is 3.91. The number of hydrogen-bond donors (Lipinski definition) is 2. The predicted molar refractivity (Wildman–Crippen MR) is 113 cm³/mol. The Morgan fingerprint density at radius 3 is 2.10 bits per heavy atom. The Hall–Kier alpha value is -3.61. The molecule has 29 heavy (non-hydrogen) atoms. The maximum Gasteiger partial charge on any atom is 0.262 e. The molecule has 7 nitrogen and oxygen atoms in total. The van der Waals surface area contributed by atoms with Gasteiger partial charge in [-0.15, -0.1) is 0 Å². The van der Waals surface area contributed by atoms with Gasteiger partial charge in [-0.1, -0.05) is 12.1 Å². The number of nitrogens with zero attached hydrogens (tertiary/aromatic N) is 2. The highest BCUT2D eigenvalue weighted by molar-refractivity contribution is 5.92. The average molecular weight is 392 g/mol. The molecule has 3 rings (SSSR count). The van der Waals surface area contributed by atoms with E-state index in [1.807, 2.05) is 57.2 Å². The van der Waals surface area contributed by atoms with E-state index >= 15 is 0 Å². The van der Waals surface area contributed by atoms with Crippen molar-refractivity contribution < 1.29 is 14.3 Å². The third-order valence-electron chi connectivity index (χ3n) is 3.91. The predicted octanol–water partition coefficient (Wildman–Crippen LogP) is 4.25. The molecular weight excluding hydrogens is 368 g/mol. The Kier molecular flexibility index (Phi) is 6.63. The number of carbonyl (C=O) groups excluding carboxylic acids is 1. The topological polar surface area (TPSA) is 85.4 Å². The molecule has 0 atom stereocenters. The molecule has 7 heteroatoms. The number of ether oxygens (including phenoxy) is 2. The van der Waals surface area contributed by atoms with E-state index in [-0.39, 0.29) is 12.5 Å². The SMILES string of the molecule is CCOc1ccccc1OCC(=O)Nc1ccc(Nc2nc(C)cc(C)n2)cc1. The van der Waals surface area contributed by atoms with Crippen LogP contribution in [0.5, 0.6) is 11.5 Å². The number of anilines is 3. The zero-order valence-electron chi connectivity index (χ0n) is 16.7. The molecule has 0 fully saturated rings. The van der Waals surface area contributed by atoms with Crippen LogP contribution in [0.1, 0.15) is 18.3 Å². The maximum atomic E-state index is 12.2. The van der Waals surface area contributed by atoms with E-state index in [4.69, 9.17) is 9.47 Å². The first-order valence-electron chi connectivity index (χ1n) is 9.37. The van der Waals surface area contributed by atoms with Gasteiger partial charge in [0.15, 0.2) is 18.1 Å².